The summed E-state index contributed by atoms with van der Waals surface area (Å²) in [4.78, 5) is 61.2. The van der Waals surface area contributed by atoms with Crippen molar-refractivity contribution >= 4 is 29.6 Å². The summed E-state index contributed by atoms with van der Waals surface area (Å²) in [5.74, 6) is -2.88. The molecule has 2 rings (SSSR count). The number of hydrogen-bond donors (Lipinski definition) is 0. The van der Waals surface area contributed by atoms with E-state index in [2.05, 4.69) is 6.58 Å². The highest BCUT2D eigenvalue weighted by Gasteiger charge is 2.45. The molecule has 8 heteroatoms. The number of carbonyl (C=O) groups excluding carboxylic acids is 5. The third-order valence-electron chi connectivity index (χ3n) is 3.82. The largest absolute Gasteiger partial charge is 0.427 e. The van der Waals surface area contributed by atoms with Crippen LogP contribution in [0.3, 0.4) is 0 Å². The molecule has 26 heavy (non-hydrogen) atoms. The highest BCUT2D eigenvalue weighted by atomic mass is 16.5. The maximum absolute atomic E-state index is 12.7. The first-order valence-corrected chi connectivity index (χ1v) is 7.78. The number of rotatable bonds is 3. The number of benzene rings is 1. The fourth-order valence-corrected chi connectivity index (χ4v) is 2.74. The van der Waals surface area contributed by atoms with Crippen LogP contribution in [0.5, 0.6) is 5.75 Å². The maximum Gasteiger partial charge on any atom is 0.308 e. The van der Waals surface area contributed by atoms with E-state index in [1.807, 2.05) is 0 Å². The number of piperazine rings is 1. The van der Waals surface area contributed by atoms with E-state index in [4.69, 9.17) is 4.74 Å². The molecular formula is C18H18N2O6. The smallest absolute Gasteiger partial charge is 0.308 e. The third-order valence-corrected chi connectivity index (χ3v) is 3.82. The quantitative estimate of drug-likeness (QED) is 0.450. The minimum atomic E-state index is -1.16. The Balaban J connectivity index is 2.33. The summed E-state index contributed by atoms with van der Waals surface area (Å²) in [7, 11) is 0. The molecule has 0 saturated carbocycles. The van der Waals surface area contributed by atoms with Crippen molar-refractivity contribution in [3.63, 3.8) is 0 Å². The van der Waals surface area contributed by atoms with Crippen molar-refractivity contribution < 1.29 is 28.7 Å². The Hall–Kier alpha value is -3.29. The van der Waals surface area contributed by atoms with E-state index in [-0.39, 0.29) is 12.1 Å². The van der Waals surface area contributed by atoms with Crippen LogP contribution in [-0.2, 0) is 30.4 Å². The lowest BCUT2D eigenvalue weighted by atomic mass is 9.99. The van der Waals surface area contributed by atoms with E-state index in [0.717, 1.165) is 11.8 Å². The van der Waals surface area contributed by atoms with Crippen molar-refractivity contribution in [3.05, 3.63) is 42.1 Å². The maximum atomic E-state index is 12.7. The van der Waals surface area contributed by atoms with E-state index in [1.54, 1.807) is 12.1 Å². The van der Waals surface area contributed by atoms with E-state index < -0.39 is 35.6 Å². The van der Waals surface area contributed by atoms with Gasteiger partial charge in [-0.2, -0.15) is 0 Å². The van der Waals surface area contributed by atoms with Crippen LogP contribution in [-0.4, -0.2) is 45.4 Å². The lowest BCUT2D eigenvalue weighted by Crippen LogP contribution is -2.61. The second kappa shape index (κ2) is 7.30. The van der Waals surface area contributed by atoms with Gasteiger partial charge in [0, 0.05) is 27.2 Å². The molecular weight excluding hydrogens is 340 g/mol. The standard InChI is InChI=1S/C18H18N2O6/c1-10-17(24)20(12(3)22)16(18(25)19(10)11(2)21)9-14-5-7-15(8-6-14)26-13(4)23/h5-8,16H,1,9H2,2-4H3/t16-/m0/s1. The summed E-state index contributed by atoms with van der Waals surface area (Å²) in [6.07, 6.45) is 0.0154. The molecule has 0 bridgehead atoms. The number of carbonyl (C=O) groups is 5. The fourth-order valence-electron chi connectivity index (χ4n) is 2.74. The summed E-state index contributed by atoms with van der Waals surface area (Å²) in [6.45, 7) is 7.03. The molecule has 1 aromatic rings. The first kappa shape index (κ1) is 19.0. The zero-order chi connectivity index (χ0) is 19.6. The van der Waals surface area contributed by atoms with Crippen LogP contribution in [0.1, 0.15) is 26.3 Å². The van der Waals surface area contributed by atoms with Gasteiger partial charge in [-0.3, -0.25) is 28.9 Å². The van der Waals surface area contributed by atoms with Crippen LogP contribution in [0.25, 0.3) is 0 Å². The molecule has 0 aromatic heterocycles. The van der Waals surface area contributed by atoms with Crippen molar-refractivity contribution in [3.8, 4) is 5.75 Å². The molecule has 1 aliphatic rings. The second-order valence-electron chi connectivity index (χ2n) is 5.79. The summed E-state index contributed by atoms with van der Waals surface area (Å²) in [5, 5.41) is 0. The first-order valence-electron chi connectivity index (χ1n) is 7.78. The van der Waals surface area contributed by atoms with Gasteiger partial charge in [0.05, 0.1) is 0 Å². The zero-order valence-electron chi connectivity index (χ0n) is 14.6. The number of amides is 4. The molecule has 8 nitrogen and oxygen atoms in total. The minimum Gasteiger partial charge on any atom is -0.427 e. The Labute approximate surface area is 150 Å². The molecule has 1 aromatic carbocycles. The van der Waals surface area contributed by atoms with Gasteiger partial charge >= 0.3 is 5.97 Å². The lowest BCUT2D eigenvalue weighted by molar-refractivity contribution is -0.161. The van der Waals surface area contributed by atoms with Gasteiger partial charge in [-0.1, -0.05) is 18.7 Å². The van der Waals surface area contributed by atoms with Crippen LogP contribution in [0.2, 0.25) is 0 Å². The van der Waals surface area contributed by atoms with Crippen molar-refractivity contribution in [2.75, 3.05) is 0 Å². The molecule has 1 atom stereocenters. The van der Waals surface area contributed by atoms with Gasteiger partial charge < -0.3 is 4.74 Å². The molecule has 4 amide bonds. The number of ether oxygens (including phenoxy) is 1. The van der Waals surface area contributed by atoms with E-state index in [1.165, 1.54) is 26.0 Å². The van der Waals surface area contributed by atoms with Crippen LogP contribution in [0.15, 0.2) is 36.5 Å². The predicted octanol–water partition coefficient (Wildman–Crippen LogP) is 0.800. The number of imide groups is 2. The highest BCUT2D eigenvalue weighted by Crippen LogP contribution is 2.24. The van der Waals surface area contributed by atoms with Crippen molar-refractivity contribution in [1.82, 2.24) is 9.80 Å². The fraction of sp³-hybridized carbons (Fsp3) is 0.278. The topological polar surface area (TPSA) is 101 Å². The van der Waals surface area contributed by atoms with Gasteiger partial charge in [-0.05, 0) is 17.7 Å². The zero-order valence-corrected chi connectivity index (χ0v) is 14.6. The van der Waals surface area contributed by atoms with Crippen LogP contribution in [0.4, 0.5) is 0 Å². The average Bonchev–Trinajstić information content (AvgIpc) is 2.53. The Morgan fingerprint density at radius 1 is 1.04 bits per heavy atom. The Morgan fingerprint density at radius 3 is 2.08 bits per heavy atom. The number of nitrogens with zero attached hydrogens (tertiary/aromatic N) is 2. The minimum absolute atomic E-state index is 0.0154. The lowest BCUT2D eigenvalue weighted by Gasteiger charge is -2.38. The molecule has 1 aliphatic heterocycles. The molecule has 1 saturated heterocycles. The van der Waals surface area contributed by atoms with E-state index >= 15 is 0 Å². The number of hydrogen-bond acceptors (Lipinski definition) is 6. The summed E-state index contributed by atoms with van der Waals surface area (Å²) in [5.41, 5.74) is 0.272. The van der Waals surface area contributed by atoms with Crippen molar-refractivity contribution in [1.29, 1.82) is 0 Å². The van der Waals surface area contributed by atoms with Crippen LogP contribution < -0.4 is 4.74 Å². The van der Waals surface area contributed by atoms with E-state index in [0.29, 0.717) is 16.2 Å². The van der Waals surface area contributed by atoms with E-state index in [9.17, 15) is 24.0 Å². The Bertz CT molecular complexity index is 811. The van der Waals surface area contributed by atoms with Crippen molar-refractivity contribution in [2.24, 2.45) is 0 Å². The molecule has 0 radical (unpaired) electrons. The highest BCUT2D eigenvalue weighted by molar-refractivity contribution is 6.16. The average molecular weight is 358 g/mol. The third kappa shape index (κ3) is 3.69. The van der Waals surface area contributed by atoms with Gasteiger partial charge in [-0.15, -0.1) is 0 Å². The van der Waals surface area contributed by atoms with Gasteiger partial charge in [0.15, 0.2) is 0 Å². The first-order chi connectivity index (χ1) is 12.1. The summed E-state index contributed by atoms with van der Waals surface area (Å²) < 4.78 is 4.93. The second-order valence-corrected chi connectivity index (χ2v) is 5.79. The van der Waals surface area contributed by atoms with Gasteiger partial charge in [0.25, 0.3) is 11.8 Å². The molecule has 136 valence electrons. The SMILES string of the molecule is C=C1C(=O)N(C(C)=O)[C@@H](Cc2ccc(OC(C)=O)cc2)C(=O)N1C(C)=O. The molecule has 0 spiro atoms. The van der Waals surface area contributed by atoms with Gasteiger partial charge in [0.1, 0.15) is 17.5 Å². The molecule has 0 unspecified atom stereocenters. The van der Waals surface area contributed by atoms with Crippen LogP contribution >= 0.6 is 0 Å². The molecule has 0 N–H and O–H groups in total. The molecule has 0 aliphatic carbocycles. The monoisotopic (exact) mass is 358 g/mol. The summed E-state index contributed by atoms with van der Waals surface area (Å²) in [6, 6.07) is 5.12. The Kier molecular flexibility index (Phi) is 5.35. The van der Waals surface area contributed by atoms with Crippen molar-refractivity contribution in [2.45, 2.75) is 33.2 Å². The predicted molar refractivity (Wildman–Crippen MR) is 89.4 cm³/mol. The summed E-state index contributed by atoms with van der Waals surface area (Å²) >= 11 is 0. The Morgan fingerprint density at radius 2 is 1.62 bits per heavy atom. The normalized spacial score (nSPS) is 17.3. The molecule has 1 heterocycles. The number of esters is 1. The molecule has 1 fully saturated rings. The van der Waals surface area contributed by atoms with Gasteiger partial charge in [0.2, 0.25) is 11.8 Å². The van der Waals surface area contributed by atoms with Gasteiger partial charge in [-0.25, -0.2) is 4.90 Å². The van der Waals surface area contributed by atoms with Crippen LogP contribution in [0, 0.1) is 0 Å².